The van der Waals surface area contributed by atoms with E-state index < -0.39 is 0 Å². The second-order valence-corrected chi connectivity index (χ2v) is 4.91. The quantitative estimate of drug-likeness (QED) is 0.816. The second kappa shape index (κ2) is 5.72. The normalized spacial score (nSPS) is 21.1. The minimum atomic E-state index is -0.372. The summed E-state index contributed by atoms with van der Waals surface area (Å²) in [5.74, 6) is 0.985. The lowest BCUT2D eigenvalue weighted by Gasteiger charge is -2.37. The highest BCUT2D eigenvalue weighted by Crippen LogP contribution is 2.32. The number of aromatic nitrogens is 3. The first kappa shape index (κ1) is 13.3. The van der Waals surface area contributed by atoms with Gasteiger partial charge in [-0.1, -0.05) is 6.08 Å². The number of rotatable bonds is 4. The van der Waals surface area contributed by atoms with Crippen molar-refractivity contribution in [2.45, 2.75) is 18.6 Å². The van der Waals surface area contributed by atoms with Crippen LogP contribution in [0.3, 0.4) is 0 Å². The molecular weight excluding hydrogens is 258 g/mol. The third-order valence-electron chi connectivity index (χ3n) is 3.60. The summed E-state index contributed by atoms with van der Waals surface area (Å²) in [6.07, 6.45) is 5.06. The van der Waals surface area contributed by atoms with Gasteiger partial charge in [-0.05, 0) is 0 Å². The van der Waals surface area contributed by atoms with E-state index >= 15 is 0 Å². The van der Waals surface area contributed by atoms with Gasteiger partial charge >= 0.3 is 0 Å². The van der Waals surface area contributed by atoms with Crippen LogP contribution in [0.15, 0.2) is 18.9 Å². The third kappa shape index (κ3) is 2.73. The zero-order chi connectivity index (χ0) is 13.8. The Morgan fingerprint density at radius 2 is 2.10 bits per heavy atom. The van der Waals surface area contributed by atoms with E-state index in [2.05, 4.69) is 32.0 Å². The van der Waals surface area contributed by atoms with Crippen LogP contribution in [-0.4, -0.2) is 53.8 Å². The number of ether oxygens (including phenoxy) is 2. The molecule has 3 rings (SSSR count). The number of anilines is 2. The molecule has 0 radical (unpaired) electrons. The molecule has 0 aliphatic carbocycles. The van der Waals surface area contributed by atoms with Gasteiger partial charge in [-0.3, -0.25) is 0 Å². The molecule has 2 fully saturated rings. The van der Waals surface area contributed by atoms with Crippen molar-refractivity contribution in [2.75, 3.05) is 43.1 Å². The highest BCUT2D eigenvalue weighted by Gasteiger charge is 2.40. The smallest absolute Gasteiger partial charge is 0.247 e. The summed E-state index contributed by atoms with van der Waals surface area (Å²) in [6.45, 7) is 7.33. The molecule has 0 unspecified atom stereocenters. The molecule has 0 amide bonds. The lowest BCUT2D eigenvalue weighted by molar-refractivity contribution is -0.169. The van der Waals surface area contributed by atoms with Gasteiger partial charge in [-0.15, -0.1) is 11.7 Å². The fourth-order valence-electron chi connectivity index (χ4n) is 2.52. The summed E-state index contributed by atoms with van der Waals surface area (Å²) >= 11 is 0. The molecule has 2 aliphatic heterocycles. The van der Waals surface area contributed by atoms with E-state index in [1.54, 1.807) is 12.3 Å². The maximum absolute atomic E-state index is 5.71. The molecule has 20 heavy (non-hydrogen) atoms. The van der Waals surface area contributed by atoms with E-state index in [1.807, 2.05) is 0 Å². The molecule has 1 aromatic rings. The van der Waals surface area contributed by atoms with Crippen molar-refractivity contribution in [1.82, 2.24) is 15.2 Å². The molecule has 108 valence electrons. The van der Waals surface area contributed by atoms with Gasteiger partial charge in [0.15, 0.2) is 11.6 Å². The minimum Gasteiger partial charge on any atom is -0.365 e. The Kier molecular flexibility index (Phi) is 3.79. The molecule has 1 aromatic heterocycles. The Morgan fingerprint density at radius 3 is 2.80 bits per heavy atom. The molecule has 0 atom stereocenters. The predicted molar refractivity (Wildman–Crippen MR) is 74.6 cm³/mol. The maximum Gasteiger partial charge on any atom is 0.247 e. The molecule has 2 saturated heterocycles. The molecule has 0 saturated carbocycles. The number of hydrogen-bond acceptors (Lipinski definition) is 7. The van der Waals surface area contributed by atoms with Gasteiger partial charge < -0.3 is 19.7 Å². The van der Waals surface area contributed by atoms with Crippen molar-refractivity contribution in [3.63, 3.8) is 0 Å². The minimum absolute atomic E-state index is 0.372. The Labute approximate surface area is 118 Å². The van der Waals surface area contributed by atoms with Crippen LogP contribution in [0.1, 0.15) is 12.8 Å². The summed E-state index contributed by atoms with van der Waals surface area (Å²) < 4.78 is 11.4. The van der Waals surface area contributed by atoms with Gasteiger partial charge in [-0.25, -0.2) is 0 Å². The van der Waals surface area contributed by atoms with E-state index in [-0.39, 0.29) is 5.79 Å². The average Bonchev–Trinajstić information content (AvgIpc) is 2.94. The lowest BCUT2D eigenvalue weighted by atomic mass is 10.0. The second-order valence-electron chi connectivity index (χ2n) is 4.91. The lowest BCUT2D eigenvalue weighted by Crippen LogP contribution is -2.45. The topological polar surface area (TPSA) is 72.4 Å². The van der Waals surface area contributed by atoms with E-state index in [0.717, 1.165) is 25.9 Å². The zero-order valence-corrected chi connectivity index (χ0v) is 11.4. The van der Waals surface area contributed by atoms with E-state index in [1.165, 1.54) is 0 Å². The third-order valence-corrected chi connectivity index (χ3v) is 3.60. The summed E-state index contributed by atoms with van der Waals surface area (Å²) in [6, 6.07) is 0. The number of piperidine rings is 1. The van der Waals surface area contributed by atoms with Crippen LogP contribution < -0.4 is 10.2 Å². The largest absolute Gasteiger partial charge is 0.365 e. The van der Waals surface area contributed by atoms with E-state index in [4.69, 9.17) is 9.47 Å². The first-order valence-corrected chi connectivity index (χ1v) is 6.89. The fraction of sp³-hybridized carbons (Fsp3) is 0.615. The number of nitrogens with zero attached hydrogens (tertiary/aromatic N) is 4. The number of hydrogen-bond donors (Lipinski definition) is 1. The van der Waals surface area contributed by atoms with E-state index in [9.17, 15) is 0 Å². The first-order valence-electron chi connectivity index (χ1n) is 6.89. The van der Waals surface area contributed by atoms with Crippen molar-refractivity contribution in [2.24, 2.45) is 0 Å². The Balaban J connectivity index is 1.63. The highest BCUT2D eigenvalue weighted by atomic mass is 16.7. The van der Waals surface area contributed by atoms with Gasteiger partial charge in [0.1, 0.15) is 0 Å². The van der Waals surface area contributed by atoms with Crippen molar-refractivity contribution in [1.29, 1.82) is 0 Å². The Morgan fingerprint density at radius 1 is 1.35 bits per heavy atom. The van der Waals surface area contributed by atoms with Crippen LogP contribution in [0.25, 0.3) is 0 Å². The van der Waals surface area contributed by atoms with Crippen LogP contribution in [0, 0.1) is 0 Å². The monoisotopic (exact) mass is 277 g/mol. The SMILES string of the molecule is C=CCNc1cnnc(N2CCC3(CC2)OCCO3)n1. The summed E-state index contributed by atoms with van der Waals surface area (Å²) in [4.78, 5) is 6.57. The van der Waals surface area contributed by atoms with Crippen LogP contribution in [0.5, 0.6) is 0 Å². The molecule has 7 heteroatoms. The zero-order valence-electron chi connectivity index (χ0n) is 11.4. The molecule has 0 aromatic carbocycles. The molecule has 3 heterocycles. The first-order chi connectivity index (χ1) is 9.81. The van der Waals surface area contributed by atoms with Crippen molar-refractivity contribution in [3.8, 4) is 0 Å². The van der Waals surface area contributed by atoms with Crippen molar-refractivity contribution >= 4 is 11.8 Å². The standard InChI is InChI=1S/C13H19N5O2/c1-2-5-14-11-10-15-17-12(16-11)18-6-3-13(4-7-18)19-8-9-20-13/h2,10H,1,3-9H2,(H,14,16,17). The van der Waals surface area contributed by atoms with Gasteiger partial charge in [0.2, 0.25) is 5.95 Å². The van der Waals surface area contributed by atoms with Crippen LogP contribution in [0.4, 0.5) is 11.8 Å². The summed E-state index contributed by atoms with van der Waals surface area (Å²) in [5, 5.41) is 11.2. The summed E-state index contributed by atoms with van der Waals surface area (Å²) in [5.41, 5.74) is 0. The van der Waals surface area contributed by atoms with Crippen molar-refractivity contribution < 1.29 is 9.47 Å². The van der Waals surface area contributed by atoms with Gasteiger partial charge in [0, 0.05) is 32.5 Å². The van der Waals surface area contributed by atoms with Gasteiger partial charge in [-0.2, -0.15) is 10.1 Å². The average molecular weight is 277 g/mol. The number of nitrogens with one attached hydrogen (secondary N) is 1. The van der Waals surface area contributed by atoms with Gasteiger partial charge in [0.05, 0.1) is 19.4 Å². The van der Waals surface area contributed by atoms with Crippen LogP contribution in [-0.2, 0) is 9.47 Å². The van der Waals surface area contributed by atoms with E-state index in [0.29, 0.717) is 31.5 Å². The molecule has 1 spiro atoms. The molecular formula is C13H19N5O2. The maximum atomic E-state index is 5.71. The fourth-order valence-corrected chi connectivity index (χ4v) is 2.52. The summed E-state index contributed by atoms with van der Waals surface area (Å²) in [7, 11) is 0. The highest BCUT2D eigenvalue weighted by molar-refractivity contribution is 5.39. The molecule has 1 N–H and O–H groups in total. The van der Waals surface area contributed by atoms with Crippen LogP contribution in [0.2, 0.25) is 0 Å². The molecule has 2 aliphatic rings. The van der Waals surface area contributed by atoms with Crippen molar-refractivity contribution in [3.05, 3.63) is 18.9 Å². The van der Waals surface area contributed by atoms with Gasteiger partial charge in [0.25, 0.3) is 0 Å². The Hall–Kier alpha value is -1.73. The van der Waals surface area contributed by atoms with Crippen LogP contribution >= 0.6 is 0 Å². The predicted octanol–water partition coefficient (Wildman–Crippen LogP) is 0.813. The molecule has 7 nitrogen and oxygen atoms in total. The molecule has 0 bridgehead atoms. The Bertz CT molecular complexity index is 466.